The van der Waals surface area contributed by atoms with E-state index in [2.05, 4.69) is 0 Å². The van der Waals surface area contributed by atoms with Gasteiger partial charge >= 0.3 is 5.97 Å². The van der Waals surface area contributed by atoms with E-state index in [9.17, 15) is 4.79 Å². The summed E-state index contributed by atoms with van der Waals surface area (Å²) in [6, 6.07) is 5.29. The zero-order valence-corrected chi connectivity index (χ0v) is 8.69. The van der Waals surface area contributed by atoms with Gasteiger partial charge < -0.3 is 15.6 Å². The van der Waals surface area contributed by atoms with Crippen molar-refractivity contribution in [1.82, 2.24) is 0 Å². The van der Waals surface area contributed by atoms with Crippen molar-refractivity contribution in [2.75, 3.05) is 12.3 Å². The molecular weight excluding hydrogens is 194 g/mol. The van der Waals surface area contributed by atoms with E-state index in [1.165, 1.54) is 0 Å². The second-order valence-corrected chi connectivity index (χ2v) is 3.26. The fraction of sp³-hybridized carbons (Fsp3) is 0.364. The first kappa shape index (κ1) is 11.4. The summed E-state index contributed by atoms with van der Waals surface area (Å²) in [7, 11) is 0. The Balaban J connectivity index is 2.85. The van der Waals surface area contributed by atoms with Gasteiger partial charge in [0, 0.05) is 11.3 Å². The SMILES string of the molecule is CCCc1c(N)cccc1OCC(=O)O. The molecule has 0 saturated carbocycles. The molecule has 15 heavy (non-hydrogen) atoms. The van der Waals surface area contributed by atoms with Crippen LogP contribution in [-0.4, -0.2) is 17.7 Å². The fourth-order valence-electron chi connectivity index (χ4n) is 1.37. The minimum atomic E-state index is -0.986. The van der Waals surface area contributed by atoms with Crippen LogP contribution in [-0.2, 0) is 11.2 Å². The quantitative estimate of drug-likeness (QED) is 0.724. The maximum Gasteiger partial charge on any atom is 0.341 e. The Kier molecular flexibility index (Phi) is 3.97. The van der Waals surface area contributed by atoms with E-state index in [1.54, 1.807) is 18.2 Å². The molecule has 1 aromatic carbocycles. The molecule has 0 bridgehead atoms. The molecule has 0 unspecified atom stereocenters. The highest BCUT2D eigenvalue weighted by molar-refractivity contribution is 5.68. The summed E-state index contributed by atoms with van der Waals surface area (Å²) in [6.07, 6.45) is 1.74. The summed E-state index contributed by atoms with van der Waals surface area (Å²) in [6.45, 7) is 1.70. The first-order chi connectivity index (χ1) is 7.15. The normalized spacial score (nSPS) is 9.93. The average Bonchev–Trinajstić information content (AvgIpc) is 2.19. The molecule has 0 saturated heterocycles. The van der Waals surface area contributed by atoms with Crippen LogP contribution in [0.2, 0.25) is 0 Å². The summed E-state index contributed by atoms with van der Waals surface area (Å²) >= 11 is 0. The van der Waals surface area contributed by atoms with Crippen molar-refractivity contribution in [1.29, 1.82) is 0 Å². The molecule has 0 fully saturated rings. The van der Waals surface area contributed by atoms with Crippen LogP contribution in [0.5, 0.6) is 5.75 Å². The molecule has 0 spiro atoms. The molecule has 1 rings (SSSR count). The van der Waals surface area contributed by atoms with E-state index in [0.717, 1.165) is 18.4 Å². The van der Waals surface area contributed by atoms with Crippen LogP contribution < -0.4 is 10.5 Å². The topological polar surface area (TPSA) is 72.5 Å². The van der Waals surface area contributed by atoms with Crippen molar-refractivity contribution in [2.45, 2.75) is 19.8 Å². The van der Waals surface area contributed by atoms with Crippen LogP contribution in [0, 0.1) is 0 Å². The molecule has 0 radical (unpaired) electrons. The number of anilines is 1. The van der Waals surface area contributed by atoms with Gasteiger partial charge in [0.2, 0.25) is 0 Å². The number of carboxylic acids is 1. The monoisotopic (exact) mass is 209 g/mol. The largest absolute Gasteiger partial charge is 0.482 e. The van der Waals surface area contributed by atoms with Gasteiger partial charge in [0.05, 0.1) is 0 Å². The molecule has 0 amide bonds. The Morgan fingerprint density at radius 2 is 2.27 bits per heavy atom. The van der Waals surface area contributed by atoms with E-state index in [0.29, 0.717) is 11.4 Å². The van der Waals surface area contributed by atoms with Gasteiger partial charge in [-0.15, -0.1) is 0 Å². The lowest BCUT2D eigenvalue weighted by atomic mass is 10.1. The van der Waals surface area contributed by atoms with Crippen LogP contribution in [0.15, 0.2) is 18.2 Å². The molecular formula is C11H15NO3. The Labute approximate surface area is 88.7 Å². The van der Waals surface area contributed by atoms with Crippen molar-refractivity contribution in [3.63, 3.8) is 0 Å². The lowest BCUT2D eigenvalue weighted by molar-refractivity contribution is -0.139. The van der Waals surface area contributed by atoms with Crippen molar-refractivity contribution in [3.8, 4) is 5.75 Å². The molecule has 0 aromatic heterocycles. The highest BCUT2D eigenvalue weighted by Gasteiger charge is 2.07. The minimum Gasteiger partial charge on any atom is -0.482 e. The number of aliphatic carboxylic acids is 1. The number of hydrogen-bond acceptors (Lipinski definition) is 3. The third-order valence-electron chi connectivity index (χ3n) is 2.02. The zero-order chi connectivity index (χ0) is 11.3. The predicted molar refractivity (Wildman–Crippen MR) is 58.0 cm³/mol. The number of rotatable bonds is 5. The van der Waals surface area contributed by atoms with Gasteiger partial charge in [0.1, 0.15) is 5.75 Å². The summed E-state index contributed by atoms with van der Waals surface area (Å²) in [5.74, 6) is -0.417. The smallest absolute Gasteiger partial charge is 0.341 e. The number of carbonyl (C=O) groups is 1. The first-order valence-electron chi connectivity index (χ1n) is 4.87. The Hall–Kier alpha value is -1.71. The van der Waals surface area contributed by atoms with Gasteiger partial charge in [-0.2, -0.15) is 0 Å². The molecule has 4 nitrogen and oxygen atoms in total. The minimum absolute atomic E-state index is 0.333. The highest BCUT2D eigenvalue weighted by atomic mass is 16.5. The molecule has 0 aliphatic carbocycles. The van der Waals surface area contributed by atoms with Gasteiger partial charge in [0.15, 0.2) is 6.61 Å². The Morgan fingerprint density at radius 1 is 1.53 bits per heavy atom. The first-order valence-corrected chi connectivity index (χ1v) is 4.87. The van der Waals surface area contributed by atoms with Crippen LogP contribution in [0.1, 0.15) is 18.9 Å². The van der Waals surface area contributed by atoms with Gasteiger partial charge in [-0.1, -0.05) is 19.4 Å². The molecule has 3 N–H and O–H groups in total. The lowest BCUT2D eigenvalue weighted by Crippen LogP contribution is -2.11. The molecule has 0 aliphatic rings. The molecule has 1 aromatic rings. The molecule has 0 heterocycles. The summed E-state index contributed by atoms with van der Waals surface area (Å²) in [5.41, 5.74) is 7.33. The Morgan fingerprint density at radius 3 is 2.87 bits per heavy atom. The third kappa shape index (κ3) is 3.16. The number of hydrogen-bond donors (Lipinski definition) is 2. The number of benzene rings is 1. The maximum absolute atomic E-state index is 10.4. The van der Waals surface area contributed by atoms with Gasteiger partial charge in [-0.25, -0.2) is 4.79 Å². The lowest BCUT2D eigenvalue weighted by Gasteiger charge is -2.11. The Bertz CT molecular complexity index is 350. The number of nitrogens with two attached hydrogens (primary N) is 1. The molecule has 4 heteroatoms. The van der Waals surface area contributed by atoms with E-state index < -0.39 is 5.97 Å². The van der Waals surface area contributed by atoms with Crippen molar-refractivity contribution >= 4 is 11.7 Å². The van der Waals surface area contributed by atoms with E-state index >= 15 is 0 Å². The average molecular weight is 209 g/mol. The summed E-state index contributed by atoms with van der Waals surface area (Å²) in [4.78, 5) is 10.4. The highest BCUT2D eigenvalue weighted by Crippen LogP contribution is 2.25. The molecule has 82 valence electrons. The van der Waals surface area contributed by atoms with Crippen LogP contribution >= 0.6 is 0 Å². The van der Waals surface area contributed by atoms with Gasteiger partial charge in [-0.3, -0.25) is 0 Å². The standard InChI is InChI=1S/C11H15NO3/c1-2-4-8-9(12)5-3-6-10(8)15-7-11(13)14/h3,5-6H,2,4,7,12H2,1H3,(H,13,14). The number of carboxylic acid groups (broad SMARTS) is 1. The molecule has 0 aliphatic heterocycles. The van der Waals surface area contributed by atoms with Crippen LogP contribution in [0.25, 0.3) is 0 Å². The second kappa shape index (κ2) is 5.24. The van der Waals surface area contributed by atoms with Crippen molar-refractivity contribution in [2.24, 2.45) is 0 Å². The third-order valence-corrected chi connectivity index (χ3v) is 2.02. The summed E-state index contributed by atoms with van der Waals surface area (Å²) in [5, 5.41) is 8.51. The zero-order valence-electron chi connectivity index (χ0n) is 8.69. The van der Waals surface area contributed by atoms with Gasteiger partial charge in [0.25, 0.3) is 0 Å². The number of ether oxygens (including phenoxy) is 1. The van der Waals surface area contributed by atoms with Crippen molar-refractivity contribution in [3.05, 3.63) is 23.8 Å². The van der Waals surface area contributed by atoms with Crippen LogP contribution in [0.3, 0.4) is 0 Å². The van der Waals surface area contributed by atoms with Crippen molar-refractivity contribution < 1.29 is 14.6 Å². The van der Waals surface area contributed by atoms with E-state index in [1.807, 2.05) is 6.92 Å². The fourth-order valence-corrected chi connectivity index (χ4v) is 1.37. The van der Waals surface area contributed by atoms with Crippen LogP contribution in [0.4, 0.5) is 5.69 Å². The van der Waals surface area contributed by atoms with E-state index in [4.69, 9.17) is 15.6 Å². The molecule has 0 atom stereocenters. The summed E-state index contributed by atoms with van der Waals surface area (Å²) < 4.78 is 5.15. The van der Waals surface area contributed by atoms with Gasteiger partial charge in [-0.05, 0) is 18.6 Å². The second-order valence-electron chi connectivity index (χ2n) is 3.26. The van der Waals surface area contributed by atoms with E-state index in [-0.39, 0.29) is 6.61 Å². The number of nitrogen functional groups attached to an aromatic ring is 1. The predicted octanol–water partition coefficient (Wildman–Crippen LogP) is 1.68. The maximum atomic E-state index is 10.4.